The molecule has 3 N–H and O–H groups in total. The standard InChI is InChI=1S/C27H32N8O/c1-17-16-31-26-19(15-28)11-18(12-20(17)26)21-7-8-30-27(32-21)33-23-13-22(29-2)24(14-25(23)36-6)35(5)10-9-34(3)4/h7-8,11-14,16,29,31H,9-10H2,1-6H3,(H,30,32,33). The summed E-state index contributed by atoms with van der Waals surface area (Å²) in [7, 11) is 9.74. The van der Waals surface area contributed by atoms with Gasteiger partial charge < -0.3 is 30.2 Å². The number of aromatic nitrogens is 3. The van der Waals surface area contributed by atoms with Crippen LogP contribution in [0.2, 0.25) is 0 Å². The third-order valence-electron chi connectivity index (χ3n) is 6.20. The second-order valence-corrected chi connectivity index (χ2v) is 8.96. The summed E-state index contributed by atoms with van der Waals surface area (Å²) >= 11 is 0. The van der Waals surface area contributed by atoms with Crippen molar-refractivity contribution in [1.29, 1.82) is 5.26 Å². The van der Waals surface area contributed by atoms with Crippen LogP contribution in [-0.4, -0.2) is 68.2 Å². The first kappa shape index (κ1) is 24.8. The molecule has 9 nitrogen and oxygen atoms in total. The molecule has 0 atom stereocenters. The Bertz CT molecular complexity index is 1420. The second kappa shape index (κ2) is 10.5. The molecular formula is C27H32N8O. The molecule has 0 unspecified atom stereocenters. The highest BCUT2D eigenvalue weighted by molar-refractivity contribution is 5.92. The molecule has 0 aliphatic rings. The Morgan fingerprint density at radius 3 is 2.61 bits per heavy atom. The fraction of sp³-hybridized carbons (Fsp3) is 0.296. The fourth-order valence-corrected chi connectivity index (χ4v) is 4.13. The lowest BCUT2D eigenvalue weighted by atomic mass is 10.0. The van der Waals surface area contributed by atoms with Crippen LogP contribution in [0.15, 0.2) is 42.7 Å². The van der Waals surface area contributed by atoms with Crippen molar-refractivity contribution < 1.29 is 4.74 Å². The van der Waals surface area contributed by atoms with Gasteiger partial charge in [0, 0.05) is 56.6 Å². The van der Waals surface area contributed by atoms with Gasteiger partial charge in [0.2, 0.25) is 5.95 Å². The van der Waals surface area contributed by atoms with Crippen LogP contribution in [0, 0.1) is 18.3 Å². The maximum absolute atomic E-state index is 9.65. The highest BCUT2D eigenvalue weighted by Crippen LogP contribution is 2.38. The van der Waals surface area contributed by atoms with Crippen LogP contribution in [0.4, 0.5) is 23.0 Å². The number of nitrogens with zero attached hydrogens (tertiary/aromatic N) is 5. The molecule has 4 rings (SSSR count). The summed E-state index contributed by atoms with van der Waals surface area (Å²) in [5, 5.41) is 17.3. The van der Waals surface area contributed by atoms with Crippen LogP contribution in [0.3, 0.4) is 0 Å². The monoisotopic (exact) mass is 484 g/mol. The van der Waals surface area contributed by atoms with E-state index in [-0.39, 0.29) is 0 Å². The summed E-state index contributed by atoms with van der Waals surface area (Å²) in [6.07, 6.45) is 3.62. The van der Waals surface area contributed by atoms with Crippen molar-refractivity contribution >= 4 is 33.9 Å². The average Bonchev–Trinajstić information content (AvgIpc) is 3.27. The van der Waals surface area contributed by atoms with Crippen molar-refractivity contribution in [3.63, 3.8) is 0 Å². The summed E-state index contributed by atoms with van der Waals surface area (Å²) < 4.78 is 5.71. The molecule has 0 fully saturated rings. The lowest BCUT2D eigenvalue weighted by Crippen LogP contribution is -2.29. The van der Waals surface area contributed by atoms with Crippen molar-refractivity contribution in [2.45, 2.75) is 6.92 Å². The molecule has 0 amide bonds. The normalized spacial score (nSPS) is 10.9. The zero-order valence-corrected chi connectivity index (χ0v) is 21.6. The number of benzene rings is 2. The van der Waals surface area contributed by atoms with E-state index in [1.807, 2.05) is 50.5 Å². The quantitative estimate of drug-likeness (QED) is 0.317. The summed E-state index contributed by atoms with van der Waals surface area (Å²) in [4.78, 5) is 16.7. The van der Waals surface area contributed by atoms with Gasteiger partial charge in [-0.15, -0.1) is 0 Å². The van der Waals surface area contributed by atoms with Crippen LogP contribution in [0.25, 0.3) is 22.2 Å². The molecule has 0 aliphatic heterocycles. The van der Waals surface area contributed by atoms with Crippen molar-refractivity contribution in [2.75, 3.05) is 63.9 Å². The number of hydrogen-bond acceptors (Lipinski definition) is 8. The van der Waals surface area contributed by atoms with Gasteiger partial charge in [-0.1, -0.05) is 0 Å². The maximum Gasteiger partial charge on any atom is 0.227 e. The number of nitriles is 1. The van der Waals surface area contributed by atoms with Gasteiger partial charge in [-0.3, -0.25) is 0 Å². The third kappa shape index (κ3) is 5.04. The van der Waals surface area contributed by atoms with Gasteiger partial charge in [0.05, 0.1) is 40.9 Å². The van der Waals surface area contributed by atoms with Gasteiger partial charge in [-0.2, -0.15) is 5.26 Å². The first-order chi connectivity index (χ1) is 17.3. The molecule has 36 heavy (non-hydrogen) atoms. The minimum atomic E-state index is 0.436. The first-order valence-corrected chi connectivity index (χ1v) is 11.7. The van der Waals surface area contributed by atoms with Crippen molar-refractivity contribution in [3.05, 3.63) is 53.9 Å². The molecule has 2 heterocycles. The molecular weight excluding hydrogens is 452 g/mol. The smallest absolute Gasteiger partial charge is 0.227 e. The molecule has 0 aliphatic carbocycles. The Hall–Kier alpha value is -4.29. The zero-order valence-electron chi connectivity index (χ0n) is 21.6. The predicted octanol–water partition coefficient (Wildman–Crippen LogP) is 4.60. The number of nitrogens with one attached hydrogen (secondary N) is 3. The van der Waals surface area contributed by atoms with Gasteiger partial charge in [0.1, 0.15) is 11.8 Å². The summed E-state index contributed by atoms with van der Waals surface area (Å²) in [6.45, 7) is 3.83. The van der Waals surface area contributed by atoms with Crippen LogP contribution in [0.1, 0.15) is 11.1 Å². The summed E-state index contributed by atoms with van der Waals surface area (Å²) in [5.74, 6) is 1.12. The highest BCUT2D eigenvalue weighted by atomic mass is 16.5. The summed E-state index contributed by atoms with van der Waals surface area (Å²) in [6, 6.07) is 12.0. The molecule has 0 spiro atoms. The number of methoxy groups -OCH3 is 1. The van der Waals surface area contributed by atoms with Crippen LogP contribution < -0.4 is 20.3 Å². The number of ether oxygens (including phenoxy) is 1. The molecule has 0 bridgehead atoms. The number of aryl methyl sites for hydroxylation is 1. The molecule has 2 aromatic carbocycles. The Kier molecular flexibility index (Phi) is 7.27. The molecule has 0 saturated heterocycles. The number of aromatic amines is 1. The second-order valence-electron chi connectivity index (χ2n) is 8.96. The van der Waals surface area contributed by atoms with E-state index in [1.54, 1.807) is 13.3 Å². The van der Waals surface area contributed by atoms with Gasteiger partial charge in [-0.25, -0.2) is 9.97 Å². The Morgan fingerprint density at radius 1 is 1.11 bits per heavy atom. The molecule has 2 aromatic heterocycles. The molecule has 9 heteroatoms. The minimum absolute atomic E-state index is 0.436. The van der Waals surface area contributed by atoms with Gasteiger partial charge in [-0.05, 0) is 50.8 Å². The third-order valence-corrected chi connectivity index (χ3v) is 6.20. The van der Waals surface area contributed by atoms with E-state index in [0.717, 1.165) is 57.9 Å². The minimum Gasteiger partial charge on any atom is -0.494 e. The van der Waals surface area contributed by atoms with Crippen molar-refractivity contribution in [1.82, 2.24) is 19.9 Å². The molecule has 4 aromatic rings. The Balaban J connectivity index is 1.67. The first-order valence-electron chi connectivity index (χ1n) is 11.7. The van der Waals surface area contributed by atoms with E-state index in [2.05, 4.69) is 57.6 Å². The largest absolute Gasteiger partial charge is 0.494 e. The van der Waals surface area contributed by atoms with E-state index in [9.17, 15) is 5.26 Å². The number of rotatable bonds is 9. The van der Waals surface area contributed by atoms with E-state index in [4.69, 9.17) is 9.72 Å². The van der Waals surface area contributed by atoms with Gasteiger partial charge in [0.15, 0.2) is 0 Å². The fourth-order valence-electron chi connectivity index (χ4n) is 4.13. The average molecular weight is 485 g/mol. The predicted molar refractivity (Wildman–Crippen MR) is 146 cm³/mol. The lowest BCUT2D eigenvalue weighted by Gasteiger charge is -2.25. The van der Waals surface area contributed by atoms with Crippen molar-refractivity contribution in [3.8, 4) is 23.1 Å². The molecule has 186 valence electrons. The lowest BCUT2D eigenvalue weighted by molar-refractivity contribution is 0.413. The van der Waals surface area contributed by atoms with E-state index in [1.165, 1.54) is 0 Å². The van der Waals surface area contributed by atoms with Gasteiger partial charge in [0.25, 0.3) is 0 Å². The maximum atomic E-state index is 9.65. The number of fused-ring (bicyclic) bond motifs is 1. The topological polar surface area (TPSA) is 105 Å². The van der Waals surface area contributed by atoms with Crippen molar-refractivity contribution in [2.24, 2.45) is 0 Å². The van der Waals surface area contributed by atoms with E-state index in [0.29, 0.717) is 17.3 Å². The van der Waals surface area contributed by atoms with Crippen LogP contribution in [-0.2, 0) is 0 Å². The number of H-pyrrole nitrogens is 1. The number of anilines is 4. The SMILES string of the molecule is CNc1cc(Nc2nccc(-c3cc(C#N)c4[nH]cc(C)c4c3)n2)c(OC)cc1N(C)CCN(C)C. The molecule has 0 radical (unpaired) electrons. The van der Waals surface area contributed by atoms with E-state index < -0.39 is 0 Å². The van der Waals surface area contributed by atoms with Crippen LogP contribution >= 0.6 is 0 Å². The Labute approximate surface area is 211 Å². The zero-order chi connectivity index (χ0) is 25.8. The number of likely N-dealkylation sites (N-methyl/N-ethyl adjacent to an activating group) is 2. The molecule has 0 saturated carbocycles. The summed E-state index contributed by atoms with van der Waals surface area (Å²) in [5.41, 5.74) is 6.82. The number of hydrogen-bond donors (Lipinski definition) is 3. The Morgan fingerprint density at radius 2 is 1.92 bits per heavy atom. The highest BCUT2D eigenvalue weighted by Gasteiger charge is 2.15. The van der Waals surface area contributed by atoms with Gasteiger partial charge >= 0.3 is 0 Å². The van der Waals surface area contributed by atoms with Crippen LogP contribution in [0.5, 0.6) is 5.75 Å². The van der Waals surface area contributed by atoms with E-state index >= 15 is 0 Å².